The van der Waals surface area contributed by atoms with Crippen molar-refractivity contribution in [3.8, 4) is 11.8 Å². The smallest absolute Gasteiger partial charge is 0.310 e. The SMILES string of the molecule is CCOC(=O)C1CCCN(c2nc3c(c(=O)[nH]2)C(c2ccccc2OCC)C(C#N)C(=O)N3)C1. The first-order chi connectivity index (χ1) is 16.5. The van der Waals surface area contributed by atoms with Gasteiger partial charge in [0.15, 0.2) is 0 Å². The largest absolute Gasteiger partial charge is 0.494 e. The molecule has 10 nitrogen and oxygen atoms in total. The molecule has 4 rings (SSSR count). The summed E-state index contributed by atoms with van der Waals surface area (Å²) >= 11 is 0. The first-order valence-corrected chi connectivity index (χ1v) is 11.5. The first-order valence-electron chi connectivity index (χ1n) is 11.5. The number of rotatable bonds is 6. The van der Waals surface area contributed by atoms with Crippen LogP contribution in [0.4, 0.5) is 11.8 Å². The van der Waals surface area contributed by atoms with Crippen LogP contribution in [0.3, 0.4) is 0 Å². The summed E-state index contributed by atoms with van der Waals surface area (Å²) in [5.41, 5.74) is 0.336. The molecule has 3 heterocycles. The molecule has 3 atom stereocenters. The summed E-state index contributed by atoms with van der Waals surface area (Å²) in [5, 5.41) is 12.4. The molecule has 1 saturated heterocycles. The number of aromatic amines is 1. The van der Waals surface area contributed by atoms with E-state index >= 15 is 0 Å². The number of nitriles is 1. The first kappa shape index (κ1) is 23.3. The number of nitrogens with zero attached hydrogens (tertiary/aromatic N) is 3. The summed E-state index contributed by atoms with van der Waals surface area (Å²) in [7, 11) is 0. The Kier molecular flexibility index (Phi) is 6.82. The molecular weight excluding hydrogens is 438 g/mol. The van der Waals surface area contributed by atoms with E-state index < -0.39 is 23.3 Å². The number of amides is 1. The maximum Gasteiger partial charge on any atom is 0.310 e. The fourth-order valence-electron chi connectivity index (χ4n) is 4.63. The molecule has 0 aliphatic carbocycles. The average Bonchev–Trinajstić information content (AvgIpc) is 2.84. The van der Waals surface area contributed by atoms with Crippen molar-refractivity contribution in [1.82, 2.24) is 9.97 Å². The van der Waals surface area contributed by atoms with Crippen molar-refractivity contribution in [2.45, 2.75) is 32.6 Å². The lowest BCUT2D eigenvalue weighted by Gasteiger charge is -2.33. The summed E-state index contributed by atoms with van der Waals surface area (Å²) in [4.78, 5) is 47.6. The van der Waals surface area contributed by atoms with Gasteiger partial charge >= 0.3 is 5.97 Å². The van der Waals surface area contributed by atoms with Gasteiger partial charge in [0.2, 0.25) is 11.9 Å². The molecule has 2 aliphatic rings. The zero-order valence-electron chi connectivity index (χ0n) is 19.2. The minimum atomic E-state index is -1.12. The van der Waals surface area contributed by atoms with Crippen LogP contribution in [0, 0.1) is 23.2 Å². The van der Waals surface area contributed by atoms with Crippen molar-refractivity contribution >= 4 is 23.6 Å². The minimum absolute atomic E-state index is 0.116. The molecule has 2 N–H and O–H groups in total. The molecule has 1 fully saturated rings. The summed E-state index contributed by atoms with van der Waals surface area (Å²) in [6.45, 7) is 5.25. The van der Waals surface area contributed by atoms with Crippen molar-refractivity contribution in [2.75, 3.05) is 36.5 Å². The van der Waals surface area contributed by atoms with Gasteiger partial charge < -0.3 is 19.7 Å². The molecule has 2 aromatic rings. The van der Waals surface area contributed by atoms with Gasteiger partial charge in [0, 0.05) is 24.6 Å². The number of H-pyrrole nitrogens is 1. The van der Waals surface area contributed by atoms with Gasteiger partial charge in [-0.05, 0) is 32.8 Å². The molecule has 0 radical (unpaired) electrons. The third-order valence-corrected chi connectivity index (χ3v) is 6.15. The van der Waals surface area contributed by atoms with Gasteiger partial charge in [-0.25, -0.2) is 0 Å². The van der Waals surface area contributed by atoms with Crippen LogP contribution in [-0.4, -0.2) is 48.1 Å². The van der Waals surface area contributed by atoms with Gasteiger partial charge in [-0.3, -0.25) is 19.4 Å². The molecular formula is C24H27N5O5. The van der Waals surface area contributed by atoms with Gasteiger partial charge in [0.1, 0.15) is 17.5 Å². The van der Waals surface area contributed by atoms with Crippen LogP contribution in [-0.2, 0) is 14.3 Å². The Labute approximate surface area is 196 Å². The van der Waals surface area contributed by atoms with Gasteiger partial charge in [-0.1, -0.05) is 18.2 Å². The molecule has 0 spiro atoms. The second kappa shape index (κ2) is 9.95. The number of ether oxygens (including phenoxy) is 2. The quantitative estimate of drug-likeness (QED) is 0.619. The van der Waals surface area contributed by atoms with Crippen LogP contribution in [0.2, 0.25) is 0 Å². The summed E-state index contributed by atoms with van der Waals surface area (Å²) in [6, 6.07) is 9.11. The number of carbonyl (C=O) groups is 2. The number of nitrogens with one attached hydrogen (secondary N) is 2. The Hall–Kier alpha value is -3.87. The highest BCUT2D eigenvalue weighted by atomic mass is 16.5. The number of benzene rings is 1. The lowest BCUT2D eigenvalue weighted by molar-refractivity contribution is -0.148. The maximum atomic E-state index is 13.4. The molecule has 1 aromatic heterocycles. The van der Waals surface area contributed by atoms with Gasteiger partial charge in [-0.2, -0.15) is 10.2 Å². The van der Waals surface area contributed by atoms with Crippen molar-refractivity contribution in [1.29, 1.82) is 5.26 Å². The van der Waals surface area contributed by atoms with E-state index in [1.807, 2.05) is 17.9 Å². The molecule has 1 aromatic carbocycles. The number of para-hydroxylation sites is 1. The zero-order valence-corrected chi connectivity index (χ0v) is 19.2. The second-order valence-corrected chi connectivity index (χ2v) is 8.23. The Bertz CT molecular complexity index is 1190. The van der Waals surface area contributed by atoms with Gasteiger partial charge in [-0.15, -0.1) is 0 Å². The normalized spacial score (nSPS) is 21.7. The van der Waals surface area contributed by atoms with E-state index in [-0.39, 0.29) is 29.2 Å². The van der Waals surface area contributed by atoms with Crippen LogP contribution in [0.15, 0.2) is 29.1 Å². The summed E-state index contributed by atoms with van der Waals surface area (Å²) in [6.07, 6.45) is 1.43. The van der Waals surface area contributed by atoms with Crippen molar-refractivity contribution in [2.24, 2.45) is 11.8 Å². The van der Waals surface area contributed by atoms with Crippen molar-refractivity contribution in [3.63, 3.8) is 0 Å². The lowest BCUT2D eigenvalue weighted by atomic mass is 9.79. The van der Waals surface area contributed by atoms with E-state index in [9.17, 15) is 19.6 Å². The van der Waals surface area contributed by atoms with E-state index in [1.54, 1.807) is 31.2 Å². The summed E-state index contributed by atoms with van der Waals surface area (Å²) in [5.74, 6) is -2.19. The topological polar surface area (TPSA) is 137 Å². The predicted molar refractivity (Wildman–Crippen MR) is 124 cm³/mol. The number of carbonyl (C=O) groups excluding carboxylic acids is 2. The predicted octanol–water partition coefficient (Wildman–Crippen LogP) is 2.17. The average molecular weight is 466 g/mol. The van der Waals surface area contributed by atoms with Gasteiger partial charge in [0.25, 0.3) is 5.56 Å². The third-order valence-electron chi connectivity index (χ3n) is 6.15. The second-order valence-electron chi connectivity index (χ2n) is 8.23. The summed E-state index contributed by atoms with van der Waals surface area (Å²) < 4.78 is 10.9. The number of aromatic nitrogens is 2. The number of fused-ring (bicyclic) bond motifs is 1. The Morgan fingerprint density at radius 2 is 2.06 bits per heavy atom. The lowest BCUT2D eigenvalue weighted by Crippen LogP contribution is -2.43. The van der Waals surface area contributed by atoms with Crippen molar-refractivity contribution < 1.29 is 19.1 Å². The zero-order chi connectivity index (χ0) is 24.2. The number of anilines is 2. The number of piperidine rings is 1. The Morgan fingerprint density at radius 3 is 2.79 bits per heavy atom. The monoisotopic (exact) mass is 465 g/mol. The van der Waals surface area contributed by atoms with E-state index in [0.717, 1.165) is 6.42 Å². The van der Waals surface area contributed by atoms with Crippen LogP contribution in [0.1, 0.15) is 43.7 Å². The molecule has 3 unspecified atom stereocenters. The molecule has 34 heavy (non-hydrogen) atoms. The van der Waals surface area contributed by atoms with Crippen LogP contribution < -0.4 is 20.5 Å². The standard InChI is InChI=1S/C24H27N5O5/c1-3-33-17-10-6-5-9-15(17)18-16(12-25)21(30)26-20-19(18)22(31)28-24(27-20)29-11-7-8-14(13-29)23(32)34-4-2/h5-6,9-10,14,16,18H,3-4,7-8,11,13H2,1-2H3,(H2,26,27,28,30,31). The highest BCUT2D eigenvalue weighted by Crippen LogP contribution is 2.41. The highest BCUT2D eigenvalue weighted by molar-refractivity contribution is 5.98. The van der Waals surface area contributed by atoms with E-state index in [1.165, 1.54) is 0 Å². The highest BCUT2D eigenvalue weighted by Gasteiger charge is 2.42. The molecule has 0 bridgehead atoms. The number of hydrogen-bond acceptors (Lipinski definition) is 8. The molecule has 10 heteroatoms. The maximum absolute atomic E-state index is 13.4. The molecule has 2 aliphatic heterocycles. The molecule has 0 saturated carbocycles. The van der Waals surface area contributed by atoms with Crippen LogP contribution in [0.5, 0.6) is 5.75 Å². The number of esters is 1. The Morgan fingerprint density at radius 1 is 1.26 bits per heavy atom. The minimum Gasteiger partial charge on any atom is -0.494 e. The van der Waals surface area contributed by atoms with E-state index in [4.69, 9.17) is 9.47 Å². The van der Waals surface area contributed by atoms with Crippen molar-refractivity contribution in [3.05, 3.63) is 45.7 Å². The van der Waals surface area contributed by atoms with Crippen LogP contribution >= 0.6 is 0 Å². The molecule has 1 amide bonds. The van der Waals surface area contributed by atoms with E-state index in [2.05, 4.69) is 15.3 Å². The fourth-order valence-corrected chi connectivity index (χ4v) is 4.63. The van der Waals surface area contributed by atoms with Gasteiger partial charge in [0.05, 0.1) is 30.8 Å². The van der Waals surface area contributed by atoms with E-state index in [0.29, 0.717) is 44.0 Å². The fraction of sp³-hybridized carbons (Fsp3) is 0.458. The third kappa shape index (κ3) is 4.33. The molecule has 178 valence electrons. The number of hydrogen-bond donors (Lipinski definition) is 2. The van der Waals surface area contributed by atoms with Crippen LogP contribution in [0.25, 0.3) is 0 Å². The Balaban J connectivity index is 1.75.